The summed E-state index contributed by atoms with van der Waals surface area (Å²) in [7, 11) is 0. The fourth-order valence-electron chi connectivity index (χ4n) is 2.61. The normalized spacial score (nSPS) is 12.6. The van der Waals surface area contributed by atoms with Gasteiger partial charge in [-0.3, -0.25) is 0 Å². The van der Waals surface area contributed by atoms with E-state index in [0.717, 1.165) is 16.7 Å². The predicted molar refractivity (Wildman–Crippen MR) is 85.0 cm³/mol. The van der Waals surface area contributed by atoms with Crippen molar-refractivity contribution in [3.63, 3.8) is 0 Å². The highest BCUT2D eigenvalue weighted by Crippen LogP contribution is 2.40. The molecule has 4 rings (SSSR count). The van der Waals surface area contributed by atoms with Gasteiger partial charge in [0.05, 0.1) is 17.6 Å². The number of hydrogen-bond acceptors (Lipinski definition) is 4. The third kappa shape index (κ3) is 2.40. The first kappa shape index (κ1) is 13.7. The van der Waals surface area contributed by atoms with E-state index in [0.29, 0.717) is 29.4 Å². The number of ether oxygens (including phenoxy) is 3. The Balaban J connectivity index is 1.90. The first-order chi connectivity index (χ1) is 11.2. The molecule has 0 unspecified atom stereocenters. The van der Waals surface area contributed by atoms with Crippen molar-refractivity contribution in [2.75, 3.05) is 13.4 Å². The largest absolute Gasteiger partial charge is 0.508 e. The Morgan fingerprint density at radius 2 is 1.96 bits per heavy atom. The fourth-order valence-corrected chi connectivity index (χ4v) is 2.61. The van der Waals surface area contributed by atoms with E-state index < -0.39 is 0 Å². The Morgan fingerprint density at radius 1 is 1.09 bits per heavy atom. The molecule has 0 aliphatic carbocycles. The highest BCUT2D eigenvalue weighted by molar-refractivity contribution is 5.83. The SMILES string of the molecule is CCOc1cc2cc(O)ccc2[o+]c1-c1ccc2c(c1)OCO2. The van der Waals surface area contributed by atoms with Crippen LogP contribution in [-0.4, -0.2) is 18.5 Å². The van der Waals surface area contributed by atoms with Crippen molar-refractivity contribution in [2.24, 2.45) is 0 Å². The maximum atomic E-state index is 9.63. The zero-order chi connectivity index (χ0) is 15.8. The second kappa shape index (κ2) is 5.35. The first-order valence-electron chi connectivity index (χ1n) is 7.37. The molecule has 1 aromatic heterocycles. The zero-order valence-electron chi connectivity index (χ0n) is 12.5. The maximum absolute atomic E-state index is 9.63. The van der Waals surface area contributed by atoms with E-state index in [1.807, 2.05) is 31.2 Å². The van der Waals surface area contributed by atoms with Gasteiger partial charge in [-0.2, -0.15) is 0 Å². The van der Waals surface area contributed by atoms with Gasteiger partial charge < -0.3 is 19.3 Å². The van der Waals surface area contributed by atoms with Crippen LogP contribution < -0.4 is 14.2 Å². The Labute approximate surface area is 132 Å². The Hall–Kier alpha value is -2.95. The van der Waals surface area contributed by atoms with Crippen LogP contribution in [0, 0.1) is 0 Å². The number of phenolic OH excluding ortho intramolecular Hbond substituents is 1. The van der Waals surface area contributed by atoms with E-state index in [1.165, 1.54) is 0 Å². The van der Waals surface area contributed by atoms with Gasteiger partial charge >= 0.3 is 11.3 Å². The van der Waals surface area contributed by atoms with Gasteiger partial charge in [0.1, 0.15) is 5.75 Å². The van der Waals surface area contributed by atoms with Gasteiger partial charge in [-0.05, 0) is 31.2 Å². The van der Waals surface area contributed by atoms with Crippen molar-refractivity contribution < 1.29 is 23.7 Å². The van der Waals surface area contributed by atoms with Crippen molar-refractivity contribution >= 4 is 11.0 Å². The molecule has 3 aromatic rings. The number of aromatic hydroxyl groups is 1. The van der Waals surface area contributed by atoms with Crippen LogP contribution >= 0.6 is 0 Å². The van der Waals surface area contributed by atoms with Gasteiger partial charge in [0.15, 0.2) is 11.5 Å². The van der Waals surface area contributed by atoms with Crippen molar-refractivity contribution in [2.45, 2.75) is 6.92 Å². The quantitative estimate of drug-likeness (QED) is 0.734. The molecule has 1 N–H and O–H groups in total. The van der Waals surface area contributed by atoms with E-state index in [-0.39, 0.29) is 12.5 Å². The van der Waals surface area contributed by atoms with E-state index in [2.05, 4.69) is 0 Å². The molecule has 5 heteroatoms. The minimum Gasteiger partial charge on any atom is -0.508 e. The average molecular weight is 311 g/mol. The van der Waals surface area contributed by atoms with Gasteiger partial charge in [0.2, 0.25) is 12.5 Å². The molecule has 116 valence electrons. The molecule has 1 aliphatic heterocycles. The van der Waals surface area contributed by atoms with Gasteiger partial charge in [0.25, 0.3) is 0 Å². The summed E-state index contributed by atoms with van der Waals surface area (Å²) >= 11 is 0. The van der Waals surface area contributed by atoms with Crippen LogP contribution in [0.15, 0.2) is 46.9 Å². The Bertz CT molecular complexity index is 888. The number of fused-ring (bicyclic) bond motifs is 2. The molecule has 0 saturated carbocycles. The summed E-state index contributed by atoms with van der Waals surface area (Å²) in [5.41, 5.74) is 1.51. The van der Waals surface area contributed by atoms with E-state index >= 15 is 0 Å². The molecule has 0 amide bonds. The van der Waals surface area contributed by atoms with E-state index in [1.54, 1.807) is 18.2 Å². The summed E-state index contributed by atoms with van der Waals surface area (Å²) in [6.45, 7) is 2.65. The zero-order valence-corrected chi connectivity index (χ0v) is 12.5. The van der Waals surface area contributed by atoms with E-state index in [9.17, 15) is 5.11 Å². The van der Waals surface area contributed by atoms with Crippen molar-refractivity contribution in [1.29, 1.82) is 0 Å². The minimum absolute atomic E-state index is 0.186. The lowest BCUT2D eigenvalue weighted by Gasteiger charge is -2.04. The highest BCUT2D eigenvalue weighted by atomic mass is 16.7. The van der Waals surface area contributed by atoms with Gasteiger partial charge in [0, 0.05) is 18.2 Å². The molecular formula is C18H15O5+. The van der Waals surface area contributed by atoms with Crippen LogP contribution in [0.5, 0.6) is 23.0 Å². The predicted octanol–water partition coefficient (Wildman–Crippen LogP) is 4.21. The van der Waals surface area contributed by atoms with Crippen molar-refractivity contribution in [3.05, 3.63) is 42.5 Å². The summed E-state index contributed by atoms with van der Waals surface area (Å²) in [4.78, 5) is 0. The molecule has 0 bridgehead atoms. The minimum atomic E-state index is 0.186. The second-order valence-corrected chi connectivity index (χ2v) is 5.16. The van der Waals surface area contributed by atoms with Crippen LogP contribution in [0.2, 0.25) is 0 Å². The summed E-state index contributed by atoms with van der Waals surface area (Å²) in [5.74, 6) is 2.82. The lowest BCUT2D eigenvalue weighted by molar-refractivity contribution is 0.174. The first-order valence-corrected chi connectivity index (χ1v) is 7.37. The molecule has 1 aliphatic rings. The summed E-state index contributed by atoms with van der Waals surface area (Å²) in [6, 6.07) is 12.5. The maximum Gasteiger partial charge on any atom is 0.402 e. The molecule has 2 aromatic carbocycles. The molecule has 23 heavy (non-hydrogen) atoms. The second-order valence-electron chi connectivity index (χ2n) is 5.16. The lowest BCUT2D eigenvalue weighted by atomic mass is 10.1. The number of benzene rings is 2. The number of hydrogen-bond donors (Lipinski definition) is 1. The van der Waals surface area contributed by atoms with Crippen LogP contribution in [0.1, 0.15) is 6.92 Å². The lowest BCUT2D eigenvalue weighted by Crippen LogP contribution is -1.94. The Morgan fingerprint density at radius 3 is 2.83 bits per heavy atom. The molecule has 0 saturated heterocycles. The van der Waals surface area contributed by atoms with E-state index in [4.69, 9.17) is 18.6 Å². The highest BCUT2D eigenvalue weighted by Gasteiger charge is 2.25. The standard InChI is InChI=1S/C18H14O5/c1-2-20-17-9-12-7-13(19)4-6-14(12)23-18(17)11-3-5-15-16(8-11)22-10-21-15/h3-9H,2,10H2,1H3/p+1. The summed E-state index contributed by atoms with van der Waals surface area (Å²) < 4.78 is 22.5. The third-order valence-corrected chi connectivity index (χ3v) is 3.65. The smallest absolute Gasteiger partial charge is 0.402 e. The van der Waals surface area contributed by atoms with Crippen molar-refractivity contribution in [1.82, 2.24) is 0 Å². The molecule has 0 fully saturated rings. The van der Waals surface area contributed by atoms with Crippen LogP contribution in [0.4, 0.5) is 0 Å². The third-order valence-electron chi connectivity index (χ3n) is 3.65. The number of phenols is 1. The van der Waals surface area contributed by atoms with Gasteiger partial charge in [-0.15, -0.1) is 0 Å². The Kier molecular flexibility index (Phi) is 3.19. The molecule has 0 spiro atoms. The fraction of sp³-hybridized carbons (Fsp3) is 0.167. The van der Waals surface area contributed by atoms with Crippen LogP contribution in [0.25, 0.3) is 22.3 Å². The number of rotatable bonds is 3. The molecule has 0 radical (unpaired) electrons. The van der Waals surface area contributed by atoms with Gasteiger partial charge in [-0.1, -0.05) is 0 Å². The average Bonchev–Trinajstić information content (AvgIpc) is 3.02. The summed E-state index contributed by atoms with van der Waals surface area (Å²) in [5, 5.41) is 10.4. The molecular weight excluding hydrogens is 296 g/mol. The molecule has 5 nitrogen and oxygen atoms in total. The van der Waals surface area contributed by atoms with Crippen LogP contribution in [0.3, 0.4) is 0 Å². The topological polar surface area (TPSA) is 59.2 Å². The van der Waals surface area contributed by atoms with Crippen molar-refractivity contribution in [3.8, 4) is 34.3 Å². The molecule has 2 heterocycles. The monoisotopic (exact) mass is 311 g/mol. The van der Waals surface area contributed by atoms with Crippen LogP contribution in [-0.2, 0) is 0 Å². The summed E-state index contributed by atoms with van der Waals surface area (Å²) in [6.07, 6.45) is 0. The molecule has 0 atom stereocenters. The van der Waals surface area contributed by atoms with Gasteiger partial charge in [-0.25, -0.2) is 4.42 Å².